The van der Waals surface area contributed by atoms with E-state index >= 15 is 0 Å². The van der Waals surface area contributed by atoms with Crippen LogP contribution in [0.2, 0.25) is 0 Å². The average Bonchev–Trinajstić information content (AvgIpc) is 3.21. The molecule has 0 saturated carbocycles. The summed E-state index contributed by atoms with van der Waals surface area (Å²) >= 11 is 0. The second kappa shape index (κ2) is 10.4. The summed E-state index contributed by atoms with van der Waals surface area (Å²) in [5, 5.41) is 5.47. The van der Waals surface area contributed by atoms with Crippen LogP contribution in [0.25, 0.3) is 0 Å². The van der Waals surface area contributed by atoms with Gasteiger partial charge in [0.1, 0.15) is 5.75 Å². The zero-order chi connectivity index (χ0) is 22.4. The Balaban J connectivity index is 1.79. The average molecular weight is 428 g/mol. The highest BCUT2D eigenvalue weighted by atomic mass is 16.7. The summed E-state index contributed by atoms with van der Waals surface area (Å²) in [5.74, 6) is -0.272. The molecule has 8 heteroatoms. The summed E-state index contributed by atoms with van der Waals surface area (Å²) in [5.41, 5.74) is 8.10. The zero-order valence-corrected chi connectivity index (χ0v) is 17.7. The van der Waals surface area contributed by atoms with Gasteiger partial charge < -0.3 is 30.6 Å². The number of nitrogens with one attached hydrogen (secondary N) is 2. The molecule has 1 aromatic carbocycles. The van der Waals surface area contributed by atoms with E-state index in [9.17, 15) is 9.59 Å². The number of fused-ring (bicyclic) bond motifs is 1. The van der Waals surface area contributed by atoms with Crippen LogP contribution >= 0.6 is 0 Å². The highest BCUT2D eigenvalue weighted by Gasteiger charge is 2.31. The standard InChI is InChI=1S/C23H29N3O5/c1-4-6-14(5-2)19-13-31-21-17(19)9-15(10-18(21)23(28)25-3)22(27)26-8-7-20-29-11-16(24)12-30-20/h4-6,9-10,16,19-20H,1-2,7-8,11-13,24H2,3H3,(H,25,28)(H,26,27)/b14-6+/t16?,19-,20?/m0/s1. The lowest BCUT2D eigenvalue weighted by molar-refractivity contribution is -0.186. The summed E-state index contributed by atoms with van der Waals surface area (Å²) in [6, 6.07) is 3.19. The zero-order valence-electron chi connectivity index (χ0n) is 17.7. The van der Waals surface area contributed by atoms with E-state index in [4.69, 9.17) is 19.9 Å². The summed E-state index contributed by atoms with van der Waals surface area (Å²) in [6.45, 7) is 9.18. The van der Waals surface area contributed by atoms with Gasteiger partial charge in [-0.25, -0.2) is 0 Å². The third kappa shape index (κ3) is 5.22. The van der Waals surface area contributed by atoms with E-state index in [2.05, 4.69) is 23.8 Å². The molecule has 0 radical (unpaired) electrons. The number of carbonyl (C=O) groups is 2. The van der Waals surface area contributed by atoms with E-state index in [0.29, 0.717) is 49.7 Å². The van der Waals surface area contributed by atoms with Crippen molar-refractivity contribution < 1.29 is 23.8 Å². The maximum absolute atomic E-state index is 12.8. The van der Waals surface area contributed by atoms with Crippen molar-refractivity contribution in [2.75, 3.05) is 33.4 Å². The van der Waals surface area contributed by atoms with Crippen molar-refractivity contribution in [1.29, 1.82) is 0 Å². The Morgan fingerprint density at radius 3 is 2.58 bits per heavy atom. The van der Waals surface area contributed by atoms with Gasteiger partial charge in [-0.3, -0.25) is 9.59 Å². The maximum atomic E-state index is 12.8. The van der Waals surface area contributed by atoms with Gasteiger partial charge in [0, 0.05) is 37.1 Å². The number of carbonyl (C=O) groups excluding carboxylic acids is 2. The number of ether oxygens (including phenoxy) is 3. The Kier molecular flexibility index (Phi) is 7.62. The lowest BCUT2D eigenvalue weighted by atomic mass is 9.89. The molecule has 0 aliphatic carbocycles. The molecule has 31 heavy (non-hydrogen) atoms. The Morgan fingerprint density at radius 1 is 1.19 bits per heavy atom. The van der Waals surface area contributed by atoms with Gasteiger partial charge in [0.2, 0.25) is 0 Å². The number of nitrogens with two attached hydrogens (primary N) is 1. The van der Waals surface area contributed by atoms with Gasteiger partial charge in [-0.2, -0.15) is 0 Å². The van der Waals surface area contributed by atoms with Crippen LogP contribution in [-0.2, 0) is 9.47 Å². The molecule has 8 nitrogen and oxygen atoms in total. The van der Waals surface area contributed by atoms with E-state index < -0.39 is 6.29 Å². The summed E-state index contributed by atoms with van der Waals surface area (Å²) < 4.78 is 16.8. The van der Waals surface area contributed by atoms with Crippen LogP contribution < -0.4 is 21.1 Å². The molecule has 1 fully saturated rings. The van der Waals surface area contributed by atoms with Crippen LogP contribution in [0, 0.1) is 0 Å². The molecule has 0 spiro atoms. The van der Waals surface area contributed by atoms with Gasteiger partial charge in [0.15, 0.2) is 6.29 Å². The fraction of sp³-hybridized carbons (Fsp3) is 0.391. The quantitative estimate of drug-likeness (QED) is 0.544. The predicted octanol–water partition coefficient (Wildman–Crippen LogP) is 1.64. The number of allylic oxidation sites excluding steroid dienone is 3. The highest BCUT2D eigenvalue weighted by Crippen LogP contribution is 2.41. The van der Waals surface area contributed by atoms with E-state index in [1.807, 2.05) is 6.08 Å². The van der Waals surface area contributed by atoms with E-state index in [-0.39, 0.29) is 23.8 Å². The Labute approximate surface area is 182 Å². The van der Waals surface area contributed by atoms with Gasteiger partial charge >= 0.3 is 0 Å². The first-order valence-corrected chi connectivity index (χ1v) is 10.2. The minimum absolute atomic E-state index is 0.119. The topological polar surface area (TPSA) is 112 Å². The molecule has 4 N–H and O–H groups in total. The fourth-order valence-electron chi connectivity index (χ4n) is 3.63. The minimum Gasteiger partial charge on any atom is -0.491 e. The SMILES string of the molecule is C=C/C=C(\C=C)[C@@H]1COc2c(C(=O)NC)cc(C(=O)NCCC3OCC(N)CO3)cc21. The third-order valence-corrected chi connectivity index (χ3v) is 5.23. The molecule has 2 aliphatic heterocycles. The molecule has 0 bridgehead atoms. The second-order valence-electron chi connectivity index (χ2n) is 7.39. The molecule has 0 aromatic heterocycles. The molecular weight excluding hydrogens is 398 g/mol. The number of rotatable bonds is 8. The van der Waals surface area contributed by atoms with Crippen molar-refractivity contribution in [3.63, 3.8) is 0 Å². The number of benzene rings is 1. The van der Waals surface area contributed by atoms with Crippen molar-refractivity contribution in [2.45, 2.75) is 24.7 Å². The van der Waals surface area contributed by atoms with Gasteiger partial charge in [0.25, 0.3) is 11.8 Å². The van der Waals surface area contributed by atoms with Crippen LogP contribution in [0.15, 0.2) is 49.1 Å². The Morgan fingerprint density at radius 2 is 1.94 bits per heavy atom. The Hall–Kier alpha value is -2.94. The van der Waals surface area contributed by atoms with Gasteiger partial charge in [-0.1, -0.05) is 31.4 Å². The molecule has 1 saturated heterocycles. The normalized spacial score (nSPS) is 22.8. The summed E-state index contributed by atoms with van der Waals surface area (Å²) in [7, 11) is 1.54. The lowest BCUT2D eigenvalue weighted by Gasteiger charge is -2.27. The number of hydrogen-bond donors (Lipinski definition) is 3. The molecule has 2 aliphatic rings. The van der Waals surface area contributed by atoms with Gasteiger partial charge in [0.05, 0.1) is 31.4 Å². The van der Waals surface area contributed by atoms with E-state index in [1.165, 1.54) is 7.05 Å². The first-order valence-electron chi connectivity index (χ1n) is 10.2. The molecule has 2 amide bonds. The van der Waals surface area contributed by atoms with Crippen LogP contribution in [0.3, 0.4) is 0 Å². The first kappa shape index (κ1) is 22.7. The summed E-state index contributed by atoms with van der Waals surface area (Å²) in [4.78, 5) is 25.3. The number of hydrogen-bond acceptors (Lipinski definition) is 6. The van der Waals surface area contributed by atoms with Crippen molar-refractivity contribution >= 4 is 11.8 Å². The fourth-order valence-corrected chi connectivity index (χ4v) is 3.63. The monoisotopic (exact) mass is 427 g/mol. The molecule has 3 rings (SSSR count). The Bertz CT molecular complexity index is 887. The molecule has 0 unspecified atom stereocenters. The smallest absolute Gasteiger partial charge is 0.254 e. The molecule has 166 valence electrons. The van der Waals surface area contributed by atoms with E-state index in [1.54, 1.807) is 24.3 Å². The van der Waals surface area contributed by atoms with Crippen LogP contribution in [0.4, 0.5) is 0 Å². The first-order chi connectivity index (χ1) is 15.0. The predicted molar refractivity (Wildman–Crippen MR) is 117 cm³/mol. The van der Waals surface area contributed by atoms with Gasteiger partial charge in [-0.05, 0) is 17.7 Å². The van der Waals surface area contributed by atoms with Crippen molar-refractivity contribution in [1.82, 2.24) is 10.6 Å². The van der Waals surface area contributed by atoms with Crippen LogP contribution in [0.5, 0.6) is 5.75 Å². The van der Waals surface area contributed by atoms with Crippen molar-refractivity contribution in [2.24, 2.45) is 5.73 Å². The molecular formula is C23H29N3O5. The maximum Gasteiger partial charge on any atom is 0.254 e. The van der Waals surface area contributed by atoms with Crippen LogP contribution in [-0.4, -0.2) is 57.6 Å². The third-order valence-electron chi connectivity index (χ3n) is 5.23. The lowest BCUT2D eigenvalue weighted by Crippen LogP contribution is -2.42. The van der Waals surface area contributed by atoms with Gasteiger partial charge in [-0.15, -0.1) is 0 Å². The summed E-state index contributed by atoms with van der Waals surface area (Å²) in [6.07, 6.45) is 5.36. The molecule has 2 heterocycles. The highest BCUT2D eigenvalue weighted by molar-refractivity contribution is 6.02. The van der Waals surface area contributed by atoms with Crippen molar-refractivity contribution in [3.8, 4) is 5.75 Å². The minimum atomic E-state index is -0.390. The second-order valence-corrected chi connectivity index (χ2v) is 7.39. The molecule has 1 atom stereocenters. The van der Waals surface area contributed by atoms with E-state index in [0.717, 1.165) is 11.1 Å². The van der Waals surface area contributed by atoms with Crippen molar-refractivity contribution in [3.05, 3.63) is 65.8 Å². The number of amides is 2. The molecule has 1 aromatic rings. The van der Waals surface area contributed by atoms with Crippen LogP contribution in [0.1, 0.15) is 38.6 Å². The largest absolute Gasteiger partial charge is 0.491 e.